The first kappa shape index (κ1) is 19.7. The fourth-order valence-corrected chi connectivity index (χ4v) is 3.45. The second kappa shape index (κ2) is 7.99. The Kier molecular flexibility index (Phi) is 6.85. The van der Waals surface area contributed by atoms with Gasteiger partial charge < -0.3 is 10.2 Å². The van der Waals surface area contributed by atoms with Crippen LogP contribution in [0.4, 0.5) is 0 Å². The molecule has 0 saturated carbocycles. The van der Waals surface area contributed by atoms with Crippen LogP contribution in [0.1, 0.15) is 19.4 Å². The Morgan fingerprint density at radius 1 is 1.35 bits per heavy atom. The van der Waals surface area contributed by atoms with E-state index in [0.717, 1.165) is 11.8 Å². The molecule has 0 aliphatic carbocycles. The summed E-state index contributed by atoms with van der Waals surface area (Å²) in [6.07, 6.45) is 1.15. The lowest BCUT2D eigenvalue weighted by molar-refractivity contribution is 0.422. The van der Waals surface area contributed by atoms with Crippen LogP contribution in [0.15, 0.2) is 29.3 Å². The van der Waals surface area contributed by atoms with Crippen molar-refractivity contribution in [3.05, 3.63) is 34.9 Å². The van der Waals surface area contributed by atoms with Crippen molar-refractivity contribution < 1.29 is 8.42 Å². The minimum atomic E-state index is -3.27. The topological polar surface area (TPSA) is 73.8 Å². The molecule has 0 aromatic heterocycles. The Morgan fingerprint density at radius 2 is 1.96 bits per heavy atom. The van der Waals surface area contributed by atoms with E-state index >= 15 is 0 Å². The fourth-order valence-electron chi connectivity index (χ4n) is 2.18. The van der Waals surface area contributed by atoms with Crippen LogP contribution in [-0.2, 0) is 16.6 Å². The van der Waals surface area contributed by atoms with Crippen molar-refractivity contribution in [3.63, 3.8) is 0 Å². The number of guanidine groups is 1. The molecule has 0 aliphatic rings. The van der Waals surface area contributed by atoms with Crippen LogP contribution in [-0.4, -0.2) is 51.7 Å². The molecular weight excluding hydrogens is 336 g/mol. The SMILES string of the molecule is CN=C(NCC(C)(C)NS(C)(=O)=O)N(C)Cc1ccccc1Cl. The fraction of sp³-hybridized carbons (Fsp3) is 0.533. The zero-order valence-electron chi connectivity index (χ0n) is 14.2. The zero-order valence-corrected chi connectivity index (χ0v) is 15.8. The van der Waals surface area contributed by atoms with E-state index in [1.54, 1.807) is 7.05 Å². The summed E-state index contributed by atoms with van der Waals surface area (Å²) in [5, 5.41) is 3.88. The van der Waals surface area contributed by atoms with Crippen molar-refractivity contribution >= 4 is 27.6 Å². The van der Waals surface area contributed by atoms with E-state index in [0.29, 0.717) is 24.1 Å². The maximum atomic E-state index is 11.4. The molecule has 130 valence electrons. The number of hydrogen-bond donors (Lipinski definition) is 2. The molecule has 0 radical (unpaired) electrons. The largest absolute Gasteiger partial charge is 0.354 e. The lowest BCUT2D eigenvalue weighted by atomic mass is 10.1. The quantitative estimate of drug-likeness (QED) is 0.598. The van der Waals surface area contributed by atoms with Gasteiger partial charge in [0.1, 0.15) is 0 Å². The van der Waals surface area contributed by atoms with Gasteiger partial charge in [0.05, 0.1) is 6.26 Å². The summed E-state index contributed by atoms with van der Waals surface area (Å²) in [5.74, 6) is 0.660. The number of hydrogen-bond acceptors (Lipinski definition) is 3. The van der Waals surface area contributed by atoms with Crippen LogP contribution in [0, 0.1) is 0 Å². The Balaban J connectivity index is 2.69. The highest BCUT2D eigenvalue weighted by molar-refractivity contribution is 7.88. The zero-order chi connectivity index (χ0) is 17.7. The molecule has 1 rings (SSSR count). The summed E-state index contributed by atoms with van der Waals surface area (Å²) in [6, 6.07) is 7.63. The molecule has 0 saturated heterocycles. The average Bonchev–Trinajstić information content (AvgIpc) is 2.39. The highest BCUT2D eigenvalue weighted by Crippen LogP contribution is 2.16. The monoisotopic (exact) mass is 360 g/mol. The lowest BCUT2D eigenvalue weighted by Gasteiger charge is -2.29. The summed E-state index contributed by atoms with van der Waals surface area (Å²) < 4.78 is 25.3. The Morgan fingerprint density at radius 3 is 2.48 bits per heavy atom. The van der Waals surface area contributed by atoms with Crippen molar-refractivity contribution in [2.24, 2.45) is 4.99 Å². The van der Waals surface area contributed by atoms with Crippen LogP contribution in [0.25, 0.3) is 0 Å². The molecule has 0 aliphatic heterocycles. The molecule has 6 nitrogen and oxygen atoms in total. The second-order valence-electron chi connectivity index (χ2n) is 6.11. The van der Waals surface area contributed by atoms with E-state index in [1.807, 2.05) is 50.1 Å². The molecule has 0 unspecified atom stereocenters. The van der Waals surface area contributed by atoms with Gasteiger partial charge in [-0.1, -0.05) is 29.8 Å². The van der Waals surface area contributed by atoms with E-state index in [1.165, 1.54) is 0 Å². The Labute approximate surface area is 144 Å². The predicted octanol–water partition coefficient (Wildman–Crippen LogP) is 1.68. The number of rotatable bonds is 6. The summed E-state index contributed by atoms with van der Waals surface area (Å²) in [6.45, 7) is 4.61. The van der Waals surface area contributed by atoms with E-state index < -0.39 is 15.6 Å². The summed E-state index contributed by atoms with van der Waals surface area (Å²) in [5.41, 5.74) is 0.363. The molecule has 1 aromatic rings. The average molecular weight is 361 g/mol. The first-order valence-electron chi connectivity index (χ1n) is 7.18. The number of halogens is 1. The molecule has 0 spiro atoms. The molecule has 1 aromatic carbocycles. The van der Waals surface area contributed by atoms with Gasteiger partial charge in [0, 0.05) is 37.7 Å². The Hall–Kier alpha value is -1.31. The minimum Gasteiger partial charge on any atom is -0.354 e. The third-order valence-corrected chi connectivity index (χ3v) is 4.38. The number of nitrogens with one attached hydrogen (secondary N) is 2. The van der Waals surface area contributed by atoms with Crippen LogP contribution < -0.4 is 10.0 Å². The van der Waals surface area contributed by atoms with Gasteiger partial charge in [-0.15, -0.1) is 0 Å². The highest BCUT2D eigenvalue weighted by Gasteiger charge is 2.23. The van der Waals surface area contributed by atoms with Gasteiger partial charge in [-0.05, 0) is 25.5 Å². The molecule has 0 fully saturated rings. The first-order valence-corrected chi connectivity index (χ1v) is 9.45. The molecule has 0 heterocycles. The van der Waals surface area contributed by atoms with E-state index in [-0.39, 0.29) is 0 Å². The van der Waals surface area contributed by atoms with E-state index in [9.17, 15) is 8.42 Å². The molecule has 8 heteroatoms. The molecule has 23 heavy (non-hydrogen) atoms. The van der Waals surface area contributed by atoms with Gasteiger partial charge in [0.15, 0.2) is 5.96 Å². The summed E-state index contributed by atoms with van der Waals surface area (Å²) in [7, 11) is 0.310. The number of sulfonamides is 1. The smallest absolute Gasteiger partial charge is 0.209 e. The van der Waals surface area contributed by atoms with Gasteiger partial charge >= 0.3 is 0 Å². The number of aliphatic imine (C=N–C) groups is 1. The van der Waals surface area contributed by atoms with Crippen LogP contribution in [0.2, 0.25) is 5.02 Å². The van der Waals surface area contributed by atoms with Crippen molar-refractivity contribution in [2.45, 2.75) is 25.9 Å². The van der Waals surface area contributed by atoms with Gasteiger partial charge in [-0.25, -0.2) is 13.1 Å². The minimum absolute atomic E-state index is 0.402. The molecule has 0 atom stereocenters. The molecule has 0 amide bonds. The van der Waals surface area contributed by atoms with Gasteiger partial charge in [-0.3, -0.25) is 4.99 Å². The van der Waals surface area contributed by atoms with Crippen molar-refractivity contribution in [1.82, 2.24) is 14.9 Å². The maximum absolute atomic E-state index is 11.4. The van der Waals surface area contributed by atoms with Gasteiger partial charge in [0.2, 0.25) is 10.0 Å². The molecule has 0 bridgehead atoms. The van der Waals surface area contributed by atoms with Crippen molar-refractivity contribution in [2.75, 3.05) is 26.9 Å². The van der Waals surface area contributed by atoms with E-state index in [2.05, 4.69) is 15.0 Å². The lowest BCUT2D eigenvalue weighted by Crippen LogP contribution is -2.53. The normalized spacial score (nSPS) is 13.0. The molecule has 2 N–H and O–H groups in total. The number of benzene rings is 1. The maximum Gasteiger partial charge on any atom is 0.209 e. The van der Waals surface area contributed by atoms with Crippen LogP contribution in [0.5, 0.6) is 0 Å². The summed E-state index contributed by atoms with van der Waals surface area (Å²) in [4.78, 5) is 6.15. The highest BCUT2D eigenvalue weighted by atomic mass is 35.5. The predicted molar refractivity (Wildman–Crippen MR) is 96.3 cm³/mol. The first-order chi connectivity index (χ1) is 10.5. The summed E-state index contributed by atoms with van der Waals surface area (Å²) >= 11 is 6.17. The van der Waals surface area contributed by atoms with E-state index in [4.69, 9.17) is 11.6 Å². The van der Waals surface area contributed by atoms with Crippen LogP contribution in [0.3, 0.4) is 0 Å². The third-order valence-electron chi connectivity index (χ3n) is 3.09. The van der Waals surface area contributed by atoms with Gasteiger partial charge in [-0.2, -0.15) is 0 Å². The van der Waals surface area contributed by atoms with Gasteiger partial charge in [0.25, 0.3) is 0 Å². The standard InChI is InChI=1S/C15H25ClN4O2S/c1-15(2,19-23(5,21)22)11-18-14(17-3)20(4)10-12-8-6-7-9-13(12)16/h6-9,19H,10-11H2,1-5H3,(H,17,18). The van der Waals surface area contributed by atoms with Crippen LogP contribution >= 0.6 is 11.6 Å². The third kappa shape index (κ3) is 7.20. The van der Waals surface area contributed by atoms with Crippen molar-refractivity contribution in [3.8, 4) is 0 Å². The second-order valence-corrected chi connectivity index (χ2v) is 8.26. The molecular formula is C15H25ClN4O2S. The Bertz CT molecular complexity index is 659. The number of nitrogens with zero attached hydrogens (tertiary/aromatic N) is 2. The van der Waals surface area contributed by atoms with Crippen molar-refractivity contribution in [1.29, 1.82) is 0 Å².